The molecule has 1 atom stereocenters. The minimum absolute atomic E-state index is 0.0872. The lowest BCUT2D eigenvalue weighted by Crippen LogP contribution is -2.58. The highest BCUT2D eigenvalue weighted by Gasteiger charge is 2.51. The Kier molecular flexibility index (Phi) is 5.64. The Labute approximate surface area is 215 Å². The van der Waals surface area contributed by atoms with E-state index in [9.17, 15) is 28.4 Å². The van der Waals surface area contributed by atoms with Gasteiger partial charge in [0.25, 0.3) is 11.8 Å². The zero-order valence-electron chi connectivity index (χ0n) is 20.6. The fourth-order valence-electron chi connectivity index (χ4n) is 4.78. The molecule has 5 rings (SSSR count). The molecular formula is C26H23F2N5O3S. The second kappa shape index (κ2) is 8.38. The van der Waals surface area contributed by atoms with Crippen molar-refractivity contribution in [3.63, 3.8) is 0 Å². The highest BCUT2D eigenvalue weighted by Crippen LogP contribution is 2.41. The molecule has 0 aliphatic carbocycles. The van der Waals surface area contributed by atoms with E-state index in [2.05, 4.69) is 9.97 Å². The van der Waals surface area contributed by atoms with Crippen molar-refractivity contribution in [2.24, 2.45) is 11.3 Å². The van der Waals surface area contributed by atoms with E-state index in [4.69, 9.17) is 0 Å². The van der Waals surface area contributed by atoms with Crippen LogP contribution in [-0.2, 0) is 16.1 Å². The molecule has 2 aliphatic rings. The fourth-order valence-corrected chi connectivity index (χ4v) is 5.92. The van der Waals surface area contributed by atoms with Gasteiger partial charge in [0.2, 0.25) is 11.8 Å². The second-order valence-corrected chi connectivity index (χ2v) is 11.2. The lowest BCUT2D eigenvalue weighted by Gasteiger charge is -2.39. The van der Waals surface area contributed by atoms with Crippen molar-refractivity contribution < 1.29 is 23.2 Å². The van der Waals surface area contributed by atoms with E-state index in [1.54, 1.807) is 46.0 Å². The van der Waals surface area contributed by atoms with E-state index in [0.717, 1.165) is 9.78 Å². The highest BCUT2D eigenvalue weighted by molar-refractivity contribution is 7.19. The topological polar surface area (TPSA) is 107 Å². The number of carbonyl (C=O) groups excluding carboxylic acids is 3. The van der Waals surface area contributed by atoms with Crippen LogP contribution in [0.5, 0.6) is 0 Å². The molecule has 0 aromatic carbocycles. The van der Waals surface area contributed by atoms with Gasteiger partial charge in [0.15, 0.2) is 0 Å². The third-order valence-corrected chi connectivity index (χ3v) is 8.39. The maximum absolute atomic E-state index is 13.5. The SMILES string of the molecule is Cc1nc(C#N)cc(-c2ccnc3cc(CN4C(=O)C(C)C(C)(C)C4=O)sc23)c1C(=O)N1CC(F)(F)C1. The van der Waals surface area contributed by atoms with Gasteiger partial charge in [-0.05, 0) is 25.1 Å². The summed E-state index contributed by atoms with van der Waals surface area (Å²) in [4.78, 5) is 50.5. The number of nitriles is 1. The zero-order valence-corrected chi connectivity index (χ0v) is 21.4. The summed E-state index contributed by atoms with van der Waals surface area (Å²) in [7, 11) is 0. The third kappa shape index (κ3) is 3.96. The monoisotopic (exact) mass is 523 g/mol. The number of halogens is 2. The molecule has 3 aromatic heterocycles. The van der Waals surface area contributed by atoms with Crippen LogP contribution in [0.25, 0.3) is 21.3 Å². The number of carbonyl (C=O) groups is 3. The van der Waals surface area contributed by atoms with Gasteiger partial charge in [0.05, 0.1) is 46.5 Å². The molecule has 37 heavy (non-hydrogen) atoms. The summed E-state index contributed by atoms with van der Waals surface area (Å²) >= 11 is 1.32. The quantitative estimate of drug-likeness (QED) is 0.476. The molecule has 0 saturated carbocycles. The minimum atomic E-state index is -2.92. The number of alkyl halides is 2. The van der Waals surface area contributed by atoms with Crippen molar-refractivity contribution in [1.29, 1.82) is 5.26 Å². The summed E-state index contributed by atoms with van der Waals surface area (Å²) in [6.45, 7) is 5.58. The number of thiophene rings is 1. The molecule has 5 heterocycles. The van der Waals surface area contributed by atoms with Gasteiger partial charge in [-0.3, -0.25) is 24.3 Å². The van der Waals surface area contributed by atoms with Crippen molar-refractivity contribution in [2.45, 2.75) is 40.2 Å². The van der Waals surface area contributed by atoms with Crippen LogP contribution in [0.3, 0.4) is 0 Å². The van der Waals surface area contributed by atoms with E-state index in [1.807, 2.05) is 6.07 Å². The first kappa shape index (κ1) is 24.9. The predicted molar refractivity (Wildman–Crippen MR) is 132 cm³/mol. The van der Waals surface area contributed by atoms with Gasteiger partial charge in [-0.15, -0.1) is 11.3 Å². The van der Waals surface area contributed by atoms with Gasteiger partial charge < -0.3 is 4.90 Å². The molecule has 2 aliphatic heterocycles. The van der Waals surface area contributed by atoms with Crippen LogP contribution in [0.15, 0.2) is 24.4 Å². The molecule has 0 bridgehead atoms. The number of hydrogen-bond donors (Lipinski definition) is 0. The van der Waals surface area contributed by atoms with Gasteiger partial charge in [-0.2, -0.15) is 5.26 Å². The molecule has 1 unspecified atom stereocenters. The molecule has 3 amide bonds. The summed E-state index contributed by atoms with van der Waals surface area (Å²) in [5, 5.41) is 9.50. The summed E-state index contributed by atoms with van der Waals surface area (Å²) in [5.41, 5.74) is 1.29. The number of pyridine rings is 2. The Morgan fingerprint density at radius 3 is 2.54 bits per heavy atom. The van der Waals surface area contributed by atoms with Crippen LogP contribution in [0.2, 0.25) is 0 Å². The Morgan fingerprint density at radius 2 is 1.95 bits per heavy atom. The normalized spacial score (nSPS) is 20.3. The molecule has 3 aromatic rings. The Hall–Kier alpha value is -3.78. The summed E-state index contributed by atoms with van der Waals surface area (Å²) in [5.74, 6) is -4.41. The number of likely N-dealkylation sites (tertiary alicyclic amines) is 2. The summed E-state index contributed by atoms with van der Waals surface area (Å²) in [6, 6.07) is 6.94. The molecule has 2 saturated heterocycles. The second-order valence-electron chi connectivity index (χ2n) is 10.1. The molecule has 11 heteroatoms. The molecule has 8 nitrogen and oxygen atoms in total. The van der Waals surface area contributed by atoms with E-state index >= 15 is 0 Å². The van der Waals surface area contributed by atoms with Crippen molar-refractivity contribution in [3.05, 3.63) is 46.2 Å². The fraction of sp³-hybridized carbons (Fsp3) is 0.385. The van der Waals surface area contributed by atoms with Gasteiger partial charge >= 0.3 is 0 Å². The summed E-state index contributed by atoms with van der Waals surface area (Å²) in [6.07, 6.45) is 1.55. The first-order chi connectivity index (χ1) is 17.3. The van der Waals surface area contributed by atoms with Crippen molar-refractivity contribution in [2.75, 3.05) is 13.1 Å². The van der Waals surface area contributed by atoms with Crippen LogP contribution in [0.4, 0.5) is 8.78 Å². The van der Waals surface area contributed by atoms with Crippen LogP contribution in [0.1, 0.15) is 47.4 Å². The number of fused-ring (bicyclic) bond motifs is 1. The number of aryl methyl sites for hydroxylation is 1. The van der Waals surface area contributed by atoms with Crippen LogP contribution in [0, 0.1) is 29.6 Å². The molecule has 190 valence electrons. The van der Waals surface area contributed by atoms with Gasteiger partial charge in [-0.1, -0.05) is 20.8 Å². The van der Waals surface area contributed by atoms with Crippen LogP contribution >= 0.6 is 11.3 Å². The number of imide groups is 1. The Balaban J connectivity index is 1.58. The number of aromatic nitrogens is 2. The third-order valence-electron chi connectivity index (χ3n) is 7.24. The van der Waals surface area contributed by atoms with Gasteiger partial charge in [0.1, 0.15) is 11.8 Å². The van der Waals surface area contributed by atoms with E-state index < -0.39 is 36.3 Å². The van der Waals surface area contributed by atoms with Crippen LogP contribution < -0.4 is 0 Å². The average molecular weight is 524 g/mol. The number of rotatable bonds is 4. The van der Waals surface area contributed by atoms with Crippen molar-refractivity contribution in [1.82, 2.24) is 19.8 Å². The lowest BCUT2D eigenvalue weighted by atomic mass is 9.82. The molecule has 0 spiro atoms. The first-order valence-corrected chi connectivity index (χ1v) is 12.5. The van der Waals surface area contributed by atoms with Crippen molar-refractivity contribution >= 4 is 39.3 Å². The van der Waals surface area contributed by atoms with Crippen LogP contribution in [-0.4, -0.2) is 56.5 Å². The predicted octanol–water partition coefficient (Wildman–Crippen LogP) is 4.16. The number of nitrogens with zero attached hydrogens (tertiary/aromatic N) is 5. The maximum atomic E-state index is 13.5. The highest BCUT2D eigenvalue weighted by atomic mass is 32.1. The van der Waals surface area contributed by atoms with Gasteiger partial charge in [-0.25, -0.2) is 13.8 Å². The molecule has 0 radical (unpaired) electrons. The largest absolute Gasteiger partial charge is 0.326 e. The standard InChI is InChI=1S/C26H23F2N5O3S/c1-13-22(34)33(24(36)25(13,3)4)10-16-8-19-21(37-16)17(5-6-30-19)18-7-15(9-29)31-14(2)20(18)23(35)32-11-26(27,28)12-32/h5-8,13H,10-12H2,1-4H3. The Bertz CT molecular complexity index is 1530. The number of amides is 3. The number of hydrogen-bond acceptors (Lipinski definition) is 7. The minimum Gasteiger partial charge on any atom is -0.326 e. The van der Waals surface area contributed by atoms with E-state index in [-0.39, 0.29) is 35.3 Å². The zero-order chi connectivity index (χ0) is 26.9. The smallest absolute Gasteiger partial charge is 0.282 e. The average Bonchev–Trinajstić information content (AvgIpc) is 3.31. The summed E-state index contributed by atoms with van der Waals surface area (Å²) < 4.78 is 27.7. The van der Waals surface area contributed by atoms with E-state index in [1.165, 1.54) is 22.3 Å². The van der Waals surface area contributed by atoms with Gasteiger partial charge in [0, 0.05) is 28.1 Å². The van der Waals surface area contributed by atoms with E-state index in [0.29, 0.717) is 21.3 Å². The van der Waals surface area contributed by atoms with Crippen molar-refractivity contribution in [3.8, 4) is 17.2 Å². The molecule has 2 fully saturated rings. The molecular weight excluding hydrogens is 500 g/mol. The lowest BCUT2D eigenvalue weighted by molar-refractivity contribution is -0.141. The maximum Gasteiger partial charge on any atom is 0.282 e. The molecule has 0 N–H and O–H groups in total. The Morgan fingerprint density at radius 1 is 1.24 bits per heavy atom. The first-order valence-electron chi connectivity index (χ1n) is 11.7.